The molecule has 0 aliphatic heterocycles. The Kier molecular flexibility index (Phi) is 4.48. The van der Waals surface area contributed by atoms with E-state index in [0.717, 1.165) is 31.5 Å². The van der Waals surface area contributed by atoms with Crippen molar-refractivity contribution in [2.45, 2.75) is 26.4 Å². The highest BCUT2D eigenvalue weighted by Gasteiger charge is 2.17. The normalized spacial score (nSPS) is 12.7. The predicted molar refractivity (Wildman–Crippen MR) is 83.2 cm³/mol. The predicted octanol–water partition coefficient (Wildman–Crippen LogP) is 3.84. The van der Waals surface area contributed by atoms with Crippen LogP contribution in [0.2, 0.25) is 0 Å². The lowest BCUT2D eigenvalue weighted by molar-refractivity contribution is 0.175. The van der Waals surface area contributed by atoms with Gasteiger partial charge in [0, 0.05) is 17.9 Å². The third-order valence-corrected chi connectivity index (χ3v) is 4.76. The van der Waals surface area contributed by atoms with Crippen LogP contribution in [0.5, 0.6) is 0 Å². The average molecular weight is 388 g/mol. The van der Waals surface area contributed by atoms with Gasteiger partial charge in [0.1, 0.15) is 0 Å². The molecule has 0 fully saturated rings. The van der Waals surface area contributed by atoms with Crippen LogP contribution in [-0.2, 0) is 13.5 Å². The lowest BCUT2D eigenvalue weighted by Gasteiger charge is -2.14. The molecular formula is C14H16Br2N2O. The van der Waals surface area contributed by atoms with Crippen LogP contribution in [0.3, 0.4) is 0 Å². The van der Waals surface area contributed by atoms with Gasteiger partial charge in [-0.15, -0.1) is 0 Å². The topological polar surface area (TPSA) is 38.1 Å². The Morgan fingerprint density at radius 2 is 2.00 bits per heavy atom. The Morgan fingerprint density at radius 3 is 2.53 bits per heavy atom. The van der Waals surface area contributed by atoms with Crippen LogP contribution in [0.15, 0.2) is 27.1 Å². The molecule has 5 heteroatoms. The van der Waals surface area contributed by atoms with Crippen molar-refractivity contribution in [2.75, 3.05) is 0 Å². The summed E-state index contributed by atoms with van der Waals surface area (Å²) in [5.41, 5.74) is 3.98. The van der Waals surface area contributed by atoms with E-state index in [1.807, 2.05) is 43.8 Å². The van der Waals surface area contributed by atoms with Crippen LogP contribution in [0, 0.1) is 13.8 Å². The van der Waals surface area contributed by atoms with Crippen molar-refractivity contribution >= 4 is 31.9 Å². The zero-order valence-corrected chi connectivity index (χ0v) is 14.3. The molecule has 1 atom stereocenters. The second kappa shape index (κ2) is 5.77. The Bertz CT molecular complexity index is 608. The number of rotatable bonds is 3. The van der Waals surface area contributed by atoms with Gasteiger partial charge in [-0.25, -0.2) is 0 Å². The second-order valence-electron chi connectivity index (χ2n) is 4.69. The van der Waals surface area contributed by atoms with Gasteiger partial charge in [-0.05, 0) is 53.0 Å². The molecule has 2 aromatic rings. The SMILES string of the molecule is Cc1cc(Br)ccc1C(O)Cc1c(Br)c(C)nn1C. The number of aliphatic hydroxyl groups is 1. The molecule has 0 bridgehead atoms. The van der Waals surface area contributed by atoms with E-state index in [1.54, 1.807) is 0 Å². The van der Waals surface area contributed by atoms with Crippen molar-refractivity contribution in [1.29, 1.82) is 0 Å². The van der Waals surface area contributed by atoms with E-state index in [9.17, 15) is 5.11 Å². The summed E-state index contributed by atoms with van der Waals surface area (Å²) in [6, 6.07) is 5.93. The summed E-state index contributed by atoms with van der Waals surface area (Å²) in [5.74, 6) is 0. The number of aliphatic hydroxyl groups excluding tert-OH is 1. The molecule has 1 heterocycles. The van der Waals surface area contributed by atoms with Crippen LogP contribution in [0.25, 0.3) is 0 Å². The molecule has 3 nitrogen and oxygen atoms in total. The minimum atomic E-state index is -0.529. The number of aryl methyl sites for hydroxylation is 3. The van der Waals surface area contributed by atoms with E-state index in [1.165, 1.54) is 0 Å². The third kappa shape index (κ3) is 3.09. The highest BCUT2D eigenvalue weighted by Crippen LogP contribution is 2.28. The molecular weight excluding hydrogens is 372 g/mol. The summed E-state index contributed by atoms with van der Waals surface area (Å²) in [6.07, 6.45) is 0.0135. The molecule has 0 saturated heterocycles. The fourth-order valence-corrected chi connectivity index (χ4v) is 3.18. The Hall–Kier alpha value is -0.650. The van der Waals surface area contributed by atoms with Gasteiger partial charge in [0.15, 0.2) is 0 Å². The van der Waals surface area contributed by atoms with Crippen molar-refractivity contribution in [1.82, 2.24) is 9.78 Å². The van der Waals surface area contributed by atoms with E-state index in [-0.39, 0.29) is 0 Å². The molecule has 102 valence electrons. The molecule has 0 aliphatic rings. The van der Waals surface area contributed by atoms with Gasteiger partial charge in [0.2, 0.25) is 0 Å². The molecule has 1 aromatic heterocycles. The first-order valence-corrected chi connectivity index (χ1v) is 7.61. The Balaban J connectivity index is 2.28. The maximum Gasteiger partial charge on any atom is 0.0848 e. The van der Waals surface area contributed by atoms with Crippen molar-refractivity contribution in [3.8, 4) is 0 Å². The summed E-state index contributed by atoms with van der Waals surface area (Å²) in [4.78, 5) is 0. The summed E-state index contributed by atoms with van der Waals surface area (Å²) in [5, 5.41) is 14.8. The summed E-state index contributed by atoms with van der Waals surface area (Å²) in [7, 11) is 1.90. The Morgan fingerprint density at radius 1 is 1.32 bits per heavy atom. The number of hydrogen-bond acceptors (Lipinski definition) is 2. The first-order valence-electron chi connectivity index (χ1n) is 6.02. The number of nitrogens with zero attached hydrogens (tertiary/aromatic N) is 2. The van der Waals surface area contributed by atoms with E-state index >= 15 is 0 Å². The van der Waals surface area contributed by atoms with E-state index in [4.69, 9.17) is 0 Å². The summed E-state index contributed by atoms with van der Waals surface area (Å²) in [6.45, 7) is 3.96. The molecule has 0 amide bonds. The van der Waals surface area contributed by atoms with Crippen molar-refractivity contribution in [3.63, 3.8) is 0 Å². The minimum Gasteiger partial charge on any atom is -0.388 e. The quantitative estimate of drug-likeness (QED) is 0.868. The highest BCUT2D eigenvalue weighted by atomic mass is 79.9. The summed E-state index contributed by atoms with van der Waals surface area (Å²) >= 11 is 6.97. The molecule has 2 rings (SSSR count). The molecule has 19 heavy (non-hydrogen) atoms. The fourth-order valence-electron chi connectivity index (χ4n) is 2.21. The maximum absolute atomic E-state index is 10.4. The van der Waals surface area contributed by atoms with Crippen LogP contribution in [0.4, 0.5) is 0 Å². The highest BCUT2D eigenvalue weighted by molar-refractivity contribution is 9.10. The first-order chi connectivity index (χ1) is 8.90. The summed E-state index contributed by atoms with van der Waals surface area (Å²) < 4.78 is 3.82. The molecule has 1 N–H and O–H groups in total. The van der Waals surface area contributed by atoms with Crippen LogP contribution >= 0.6 is 31.9 Å². The van der Waals surface area contributed by atoms with Crippen molar-refractivity contribution < 1.29 is 5.11 Å². The van der Waals surface area contributed by atoms with Gasteiger partial charge in [-0.2, -0.15) is 5.10 Å². The van der Waals surface area contributed by atoms with E-state index < -0.39 is 6.10 Å². The smallest absolute Gasteiger partial charge is 0.0848 e. The third-order valence-electron chi connectivity index (χ3n) is 3.24. The molecule has 1 aromatic carbocycles. The second-order valence-corrected chi connectivity index (χ2v) is 6.40. The Labute approximate surface area is 129 Å². The lowest BCUT2D eigenvalue weighted by atomic mass is 10.00. The molecule has 1 unspecified atom stereocenters. The van der Waals surface area contributed by atoms with Crippen LogP contribution in [0.1, 0.15) is 28.6 Å². The van der Waals surface area contributed by atoms with Crippen molar-refractivity contribution in [3.05, 3.63) is 49.7 Å². The van der Waals surface area contributed by atoms with Gasteiger partial charge in [-0.1, -0.05) is 22.0 Å². The van der Waals surface area contributed by atoms with E-state index in [2.05, 4.69) is 37.0 Å². The molecule has 0 spiro atoms. The molecule has 0 radical (unpaired) electrons. The maximum atomic E-state index is 10.4. The standard InChI is InChI=1S/C14H16Br2N2O/c1-8-6-10(15)4-5-11(8)13(19)7-12-14(16)9(2)17-18(12)3/h4-6,13,19H,7H2,1-3H3. The molecule has 0 aliphatic carbocycles. The zero-order valence-electron chi connectivity index (χ0n) is 11.1. The monoisotopic (exact) mass is 386 g/mol. The molecule has 0 saturated carbocycles. The van der Waals surface area contributed by atoms with Gasteiger partial charge in [0.25, 0.3) is 0 Å². The minimum absolute atomic E-state index is 0.529. The lowest BCUT2D eigenvalue weighted by Crippen LogP contribution is -2.08. The number of halogens is 2. The number of benzene rings is 1. The average Bonchev–Trinajstić information content (AvgIpc) is 2.56. The van der Waals surface area contributed by atoms with E-state index in [0.29, 0.717) is 6.42 Å². The van der Waals surface area contributed by atoms with Gasteiger partial charge >= 0.3 is 0 Å². The number of hydrogen-bond donors (Lipinski definition) is 1. The first kappa shape index (κ1) is 14.8. The number of aromatic nitrogens is 2. The largest absolute Gasteiger partial charge is 0.388 e. The van der Waals surface area contributed by atoms with Crippen molar-refractivity contribution in [2.24, 2.45) is 7.05 Å². The van der Waals surface area contributed by atoms with Gasteiger partial charge in [0.05, 0.1) is 22.0 Å². The van der Waals surface area contributed by atoms with Crippen LogP contribution in [-0.4, -0.2) is 14.9 Å². The van der Waals surface area contributed by atoms with Gasteiger partial charge in [-0.3, -0.25) is 4.68 Å². The fraction of sp³-hybridized carbons (Fsp3) is 0.357. The van der Waals surface area contributed by atoms with Crippen LogP contribution < -0.4 is 0 Å². The zero-order chi connectivity index (χ0) is 14.2. The van der Waals surface area contributed by atoms with Gasteiger partial charge < -0.3 is 5.11 Å².